The van der Waals surface area contributed by atoms with E-state index in [0.29, 0.717) is 18.7 Å². The second-order valence-electron chi connectivity index (χ2n) is 6.58. The number of benzene rings is 2. The maximum absolute atomic E-state index is 12.5. The Morgan fingerprint density at radius 1 is 0.889 bits per heavy atom. The van der Waals surface area contributed by atoms with Gasteiger partial charge in [-0.2, -0.15) is 4.57 Å². The van der Waals surface area contributed by atoms with E-state index in [1.165, 1.54) is 5.69 Å². The van der Waals surface area contributed by atoms with Crippen LogP contribution in [-0.2, 0) is 6.54 Å². The Kier molecular flexibility index (Phi) is 5.87. The van der Waals surface area contributed by atoms with Gasteiger partial charge in [0.05, 0.1) is 6.61 Å². The molecule has 2 aromatic carbocycles. The van der Waals surface area contributed by atoms with Gasteiger partial charge in [0.1, 0.15) is 5.75 Å². The average molecular weight is 361 g/mol. The summed E-state index contributed by atoms with van der Waals surface area (Å²) in [5.74, 6) is 0.859. The molecular weight excluding hydrogens is 336 g/mol. The van der Waals surface area contributed by atoms with Crippen LogP contribution in [0.25, 0.3) is 11.1 Å². The van der Waals surface area contributed by atoms with E-state index in [9.17, 15) is 4.79 Å². The first-order valence-corrected chi connectivity index (χ1v) is 9.09. The van der Waals surface area contributed by atoms with Crippen LogP contribution in [0.15, 0.2) is 73.1 Å². The molecule has 0 bridgehead atoms. The summed E-state index contributed by atoms with van der Waals surface area (Å²) in [4.78, 5) is 14.6. The minimum Gasteiger partial charge on any atom is -0.494 e. The summed E-state index contributed by atoms with van der Waals surface area (Å²) in [6.07, 6.45) is 3.89. The van der Waals surface area contributed by atoms with E-state index in [1.807, 2.05) is 74.4 Å². The molecule has 0 amide bonds. The number of rotatable bonds is 7. The van der Waals surface area contributed by atoms with Gasteiger partial charge in [-0.05, 0) is 54.4 Å². The number of carbonyl (C=O) groups excluding carboxylic acids is 1. The summed E-state index contributed by atoms with van der Waals surface area (Å²) >= 11 is 0. The van der Waals surface area contributed by atoms with Crippen molar-refractivity contribution in [3.8, 4) is 16.9 Å². The lowest BCUT2D eigenvalue weighted by Gasteiger charge is -2.12. The SMILES string of the molecule is CCOc1ccc(C(=O)C[n+]2ccc(-c3ccc(N(C)C)cc3)cc2)cc1. The molecule has 0 fully saturated rings. The van der Waals surface area contributed by atoms with Crippen molar-refractivity contribution in [3.63, 3.8) is 0 Å². The number of pyridine rings is 1. The van der Waals surface area contributed by atoms with E-state index < -0.39 is 0 Å². The van der Waals surface area contributed by atoms with Crippen LogP contribution < -0.4 is 14.2 Å². The van der Waals surface area contributed by atoms with Crippen LogP contribution in [0.4, 0.5) is 5.69 Å². The Hall–Kier alpha value is -3.14. The summed E-state index contributed by atoms with van der Waals surface area (Å²) in [5, 5.41) is 0. The number of anilines is 1. The molecule has 1 aromatic heterocycles. The van der Waals surface area contributed by atoms with Gasteiger partial charge >= 0.3 is 0 Å². The number of Topliss-reactive ketones (excluding diaryl/α,β-unsaturated/α-hetero) is 1. The van der Waals surface area contributed by atoms with Crippen LogP contribution in [0.1, 0.15) is 17.3 Å². The smallest absolute Gasteiger partial charge is 0.227 e. The summed E-state index contributed by atoms with van der Waals surface area (Å²) in [7, 11) is 4.06. The third-order valence-corrected chi connectivity index (χ3v) is 4.42. The van der Waals surface area contributed by atoms with Gasteiger partial charge < -0.3 is 9.64 Å². The third-order valence-electron chi connectivity index (χ3n) is 4.42. The van der Waals surface area contributed by atoms with Gasteiger partial charge in [0.25, 0.3) is 0 Å². The molecule has 4 heteroatoms. The second-order valence-corrected chi connectivity index (χ2v) is 6.58. The largest absolute Gasteiger partial charge is 0.494 e. The molecule has 0 aliphatic rings. The van der Waals surface area contributed by atoms with Crippen LogP contribution in [0.2, 0.25) is 0 Å². The van der Waals surface area contributed by atoms with E-state index in [2.05, 4.69) is 29.2 Å². The molecule has 138 valence electrons. The fourth-order valence-electron chi connectivity index (χ4n) is 2.87. The topological polar surface area (TPSA) is 33.4 Å². The first-order chi connectivity index (χ1) is 13.1. The molecule has 0 unspecified atom stereocenters. The molecule has 3 rings (SSSR count). The lowest BCUT2D eigenvalue weighted by molar-refractivity contribution is -0.683. The molecule has 0 atom stereocenters. The van der Waals surface area contributed by atoms with Crippen molar-refractivity contribution in [3.05, 3.63) is 78.6 Å². The number of carbonyl (C=O) groups is 1. The molecule has 1 heterocycles. The summed E-state index contributed by atoms with van der Waals surface area (Å²) < 4.78 is 7.31. The minimum atomic E-state index is 0.0751. The fraction of sp³-hybridized carbons (Fsp3) is 0.217. The van der Waals surface area contributed by atoms with E-state index in [4.69, 9.17) is 4.74 Å². The van der Waals surface area contributed by atoms with E-state index in [0.717, 1.165) is 16.9 Å². The van der Waals surface area contributed by atoms with Crippen molar-refractivity contribution >= 4 is 11.5 Å². The number of hydrogen-bond acceptors (Lipinski definition) is 3. The highest BCUT2D eigenvalue weighted by Crippen LogP contribution is 2.21. The minimum absolute atomic E-state index is 0.0751. The van der Waals surface area contributed by atoms with Crippen LogP contribution in [0.5, 0.6) is 5.75 Å². The molecule has 0 spiro atoms. The maximum Gasteiger partial charge on any atom is 0.227 e. The first-order valence-electron chi connectivity index (χ1n) is 9.09. The van der Waals surface area contributed by atoms with Crippen LogP contribution in [0.3, 0.4) is 0 Å². The van der Waals surface area contributed by atoms with Crippen molar-refractivity contribution in [2.75, 3.05) is 25.6 Å². The van der Waals surface area contributed by atoms with Gasteiger partial charge in [-0.3, -0.25) is 4.79 Å². The van der Waals surface area contributed by atoms with Crippen molar-refractivity contribution in [2.24, 2.45) is 0 Å². The normalized spacial score (nSPS) is 10.5. The molecule has 0 saturated heterocycles. The van der Waals surface area contributed by atoms with Gasteiger partial charge in [0.2, 0.25) is 12.3 Å². The fourth-order valence-corrected chi connectivity index (χ4v) is 2.87. The van der Waals surface area contributed by atoms with E-state index >= 15 is 0 Å². The van der Waals surface area contributed by atoms with Crippen molar-refractivity contribution in [1.82, 2.24) is 0 Å². The highest BCUT2D eigenvalue weighted by molar-refractivity contribution is 5.95. The van der Waals surface area contributed by atoms with E-state index in [-0.39, 0.29) is 5.78 Å². The number of ether oxygens (including phenoxy) is 1. The Morgan fingerprint density at radius 3 is 2.04 bits per heavy atom. The van der Waals surface area contributed by atoms with Gasteiger partial charge in [0.15, 0.2) is 12.4 Å². The zero-order chi connectivity index (χ0) is 19.2. The number of hydrogen-bond donors (Lipinski definition) is 0. The predicted octanol–water partition coefficient (Wildman–Crippen LogP) is 3.99. The lowest BCUT2D eigenvalue weighted by atomic mass is 10.1. The first kappa shape index (κ1) is 18.6. The van der Waals surface area contributed by atoms with Crippen LogP contribution in [0, 0.1) is 0 Å². The average Bonchev–Trinajstić information content (AvgIpc) is 2.69. The molecular formula is C23H25N2O2+. The molecule has 0 N–H and O–H groups in total. The monoisotopic (exact) mass is 361 g/mol. The Labute approximate surface area is 160 Å². The zero-order valence-corrected chi connectivity index (χ0v) is 16.1. The molecule has 27 heavy (non-hydrogen) atoms. The summed E-state index contributed by atoms with van der Waals surface area (Å²) in [6.45, 7) is 2.87. The summed E-state index contributed by atoms with van der Waals surface area (Å²) in [5.41, 5.74) is 4.15. The second kappa shape index (κ2) is 8.49. The van der Waals surface area contributed by atoms with Gasteiger partial charge in [-0.1, -0.05) is 12.1 Å². The van der Waals surface area contributed by atoms with Gasteiger partial charge in [0, 0.05) is 37.5 Å². The number of aromatic nitrogens is 1. The zero-order valence-electron chi connectivity index (χ0n) is 16.1. The lowest BCUT2D eigenvalue weighted by Crippen LogP contribution is -2.37. The number of nitrogens with zero attached hydrogens (tertiary/aromatic N) is 2. The molecule has 0 radical (unpaired) electrons. The van der Waals surface area contributed by atoms with Crippen LogP contribution >= 0.6 is 0 Å². The standard InChI is InChI=1S/C23H25N2O2/c1-4-27-22-11-7-20(8-12-22)23(26)17-25-15-13-19(14-16-25)18-5-9-21(10-6-18)24(2)3/h5-16H,4,17H2,1-3H3/q+1. The molecule has 4 nitrogen and oxygen atoms in total. The quantitative estimate of drug-likeness (QED) is 0.471. The molecule has 3 aromatic rings. The van der Waals surface area contributed by atoms with Crippen molar-refractivity contribution < 1.29 is 14.1 Å². The van der Waals surface area contributed by atoms with Crippen molar-refractivity contribution in [1.29, 1.82) is 0 Å². The van der Waals surface area contributed by atoms with Gasteiger partial charge in [-0.15, -0.1) is 0 Å². The van der Waals surface area contributed by atoms with Crippen LogP contribution in [-0.4, -0.2) is 26.5 Å². The molecule has 0 aliphatic carbocycles. The van der Waals surface area contributed by atoms with Crippen molar-refractivity contribution in [2.45, 2.75) is 13.5 Å². The highest BCUT2D eigenvalue weighted by atomic mass is 16.5. The Bertz CT molecular complexity index is 883. The van der Waals surface area contributed by atoms with Gasteiger partial charge in [-0.25, -0.2) is 0 Å². The number of ketones is 1. The molecule has 0 aliphatic heterocycles. The predicted molar refractivity (Wildman–Crippen MR) is 108 cm³/mol. The Balaban J connectivity index is 1.67. The maximum atomic E-state index is 12.5. The third kappa shape index (κ3) is 4.73. The highest BCUT2D eigenvalue weighted by Gasteiger charge is 2.12. The van der Waals surface area contributed by atoms with E-state index in [1.54, 1.807) is 0 Å². The summed E-state index contributed by atoms with van der Waals surface area (Å²) in [6, 6.07) is 19.8. The Morgan fingerprint density at radius 2 is 1.48 bits per heavy atom. The molecule has 0 saturated carbocycles.